The lowest BCUT2D eigenvalue weighted by Gasteiger charge is -2.21. The van der Waals surface area contributed by atoms with Crippen molar-refractivity contribution >= 4 is 11.8 Å². The van der Waals surface area contributed by atoms with Gasteiger partial charge in [-0.2, -0.15) is 11.8 Å². The van der Waals surface area contributed by atoms with Crippen molar-refractivity contribution in [2.75, 3.05) is 12.4 Å². The summed E-state index contributed by atoms with van der Waals surface area (Å²) in [5.74, 6) is 2.08. The molecule has 14 heavy (non-hydrogen) atoms. The zero-order valence-corrected chi connectivity index (χ0v) is 9.93. The number of thioether (sulfide) groups is 1. The Bertz CT molecular complexity index is 148. The van der Waals surface area contributed by atoms with Gasteiger partial charge in [0, 0.05) is 11.3 Å². The van der Waals surface area contributed by atoms with Gasteiger partial charge in [0.05, 0.1) is 6.61 Å². The minimum atomic E-state index is 0.159. The van der Waals surface area contributed by atoms with Crippen molar-refractivity contribution in [2.45, 2.75) is 50.3 Å². The summed E-state index contributed by atoms with van der Waals surface area (Å²) in [5, 5.41) is 9.45. The Balaban J connectivity index is 2.19. The molecule has 0 heterocycles. The zero-order chi connectivity index (χ0) is 10.4. The Labute approximate surface area is 91.6 Å². The Morgan fingerprint density at radius 3 is 2.57 bits per heavy atom. The summed E-state index contributed by atoms with van der Waals surface area (Å²) in [4.78, 5) is 0. The third-order valence-electron chi connectivity index (χ3n) is 3.15. The maximum absolute atomic E-state index is 9.20. The highest BCUT2D eigenvalue weighted by molar-refractivity contribution is 8.00. The van der Waals surface area contributed by atoms with Crippen LogP contribution in [0.4, 0.5) is 0 Å². The number of nitrogens with two attached hydrogens (primary N) is 1. The molecule has 3 N–H and O–H groups in total. The molecule has 2 atom stereocenters. The molecule has 2 nitrogen and oxygen atoms in total. The molecule has 1 fully saturated rings. The first-order chi connectivity index (χ1) is 6.77. The average Bonchev–Trinajstić information content (AvgIpc) is 2.71. The maximum Gasteiger partial charge on any atom is 0.0565 e. The molecule has 0 amide bonds. The maximum atomic E-state index is 9.20. The fourth-order valence-electron chi connectivity index (χ4n) is 2.01. The van der Waals surface area contributed by atoms with Crippen LogP contribution in [-0.2, 0) is 0 Å². The van der Waals surface area contributed by atoms with Gasteiger partial charge in [0.2, 0.25) is 0 Å². The minimum absolute atomic E-state index is 0.159. The highest BCUT2D eigenvalue weighted by Gasteiger charge is 2.20. The molecular weight excluding hydrogens is 194 g/mol. The van der Waals surface area contributed by atoms with Crippen molar-refractivity contribution in [3.8, 4) is 0 Å². The van der Waals surface area contributed by atoms with Crippen LogP contribution in [0.2, 0.25) is 0 Å². The number of hydrogen-bond acceptors (Lipinski definition) is 3. The van der Waals surface area contributed by atoms with Gasteiger partial charge in [-0.1, -0.05) is 19.8 Å². The molecule has 3 heteroatoms. The van der Waals surface area contributed by atoms with Crippen molar-refractivity contribution in [3.05, 3.63) is 0 Å². The molecule has 2 unspecified atom stereocenters. The van der Waals surface area contributed by atoms with Crippen molar-refractivity contribution < 1.29 is 5.11 Å². The van der Waals surface area contributed by atoms with E-state index in [0.717, 1.165) is 12.3 Å². The normalized spacial score (nSPS) is 22.5. The van der Waals surface area contributed by atoms with Gasteiger partial charge in [-0.15, -0.1) is 0 Å². The van der Waals surface area contributed by atoms with Crippen molar-refractivity contribution in [1.29, 1.82) is 0 Å². The van der Waals surface area contributed by atoms with Gasteiger partial charge < -0.3 is 10.8 Å². The van der Waals surface area contributed by atoms with E-state index in [-0.39, 0.29) is 17.9 Å². The summed E-state index contributed by atoms with van der Waals surface area (Å²) in [5.41, 5.74) is 5.93. The third-order valence-corrected chi connectivity index (χ3v) is 4.74. The van der Waals surface area contributed by atoms with Crippen LogP contribution in [0.25, 0.3) is 0 Å². The molecule has 0 radical (unpaired) electrons. The summed E-state index contributed by atoms with van der Waals surface area (Å²) in [7, 11) is 0. The smallest absolute Gasteiger partial charge is 0.0565 e. The van der Waals surface area contributed by atoms with E-state index in [0.29, 0.717) is 0 Å². The van der Waals surface area contributed by atoms with E-state index in [1.54, 1.807) is 0 Å². The average molecular weight is 217 g/mol. The first kappa shape index (κ1) is 12.3. The highest BCUT2D eigenvalue weighted by Crippen LogP contribution is 2.30. The summed E-state index contributed by atoms with van der Waals surface area (Å²) in [6.45, 7) is 2.32. The predicted molar refractivity (Wildman–Crippen MR) is 63.6 cm³/mol. The molecule has 0 saturated heterocycles. The SMILES string of the molecule is CCC(N)C(CO)SCC1CCCC1. The molecule has 1 aliphatic rings. The van der Waals surface area contributed by atoms with Gasteiger partial charge in [0.15, 0.2) is 0 Å². The molecule has 0 aromatic carbocycles. The van der Waals surface area contributed by atoms with Gasteiger partial charge >= 0.3 is 0 Å². The first-order valence-electron chi connectivity index (χ1n) is 5.76. The van der Waals surface area contributed by atoms with Crippen LogP contribution in [-0.4, -0.2) is 28.8 Å². The number of aliphatic hydroxyl groups excluding tert-OH is 1. The predicted octanol–water partition coefficient (Wildman–Crippen LogP) is 2.01. The Morgan fingerprint density at radius 2 is 2.07 bits per heavy atom. The highest BCUT2D eigenvalue weighted by atomic mass is 32.2. The van der Waals surface area contributed by atoms with Crippen molar-refractivity contribution in [2.24, 2.45) is 11.7 Å². The summed E-state index contributed by atoms with van der Waals surface area (Å²) < 4.78 is 0. The molecule has 0 aliphatic heterocycles. The van der Waals surface area contributed by atoms with Crippen LogP contribution >= 0.6 is 11.8 Å². The molecule has 1 saturated carbocycles. The first-order valence-corrected chi connectivity index (χ1v) is 6.80. The second-order valence-electron chi connectivity index (χ2n) is 4.28. The van der Waals surface area contributed by atoms with E-state index >= 15 is 0 Å². The minimum Gasteiger partial charge on any atom is -0.395 e. The fraction of sp³-hybridized carbons (Fsp3) is 1.00. The summed E-state index contributed by atoms with van der Waals surface area (Å²) >= 11 is 1.88. The molecule has 1 aliphatic carbocycles. The van der Waals surface area contributed by atoms with E-state index in [1.165, 1.54) is 31.4 Å². The lowest BCUT2D eigenvalue weighted by molar-refractivity contribution is 0.281. The monoisotopic (exact) mass is 217 g/mol. The quantitative estimate of drug-likeness (QED) is 0.715. The van der Waals surface area contributed by atoms with Crippen molar-refractivity contribution in [3.63, 3.8) is 0 Å². The molecule has 0 aromatic rings. The Hall–Kier alpha value is 0.270. The van der Waals surface area contributed by atoms with Crippen LogP contribution < -0.4 is 5.73 Å². The molecular formula is C11H23NOS. The van der Waals surface area contributed by atoms with Crippen LogP contribution in [0.1, 0.15) is 39.0 Å². The topological polar surface area (TPSA) is 46.2 Å². The van der Waals surface area contributed by atoms with Gasteiger partial charge in [0.25, 0.3) is 0 Å². The van der Waals surface area contributed by atoms with E-state index in [1.807, 2.05) is 11.8 Å². The van der Waals surface area contributed by atoms with Crippen LogP contribution in [0.3, 0.4) is 0 Å². The van der Waals surface area contributed by atoms with Crippen LogP contribution in [0.15, 0.2) is 0 Å². The Kier molecular flexibility index (Phi) is 5.90. The van der Waals surface area contributed by atoms with E-state index in [9.17, 15) is 5.11 Å². The summed E-state index contributed by atoms with van der Waals surface area (Å²) in [6, 6.07) is 0.159. The standard InChI is InChI=1S/C11H23NOS/c1-2-10(12)11(7-13)14-8-9-5-3-4-6-9/h9-11,13H,2-8,12H2,1H3. The molecule has 0 bridgehead atoms. The third kappa shape index (κ3) is 3.79. The zero-order valence-electron chi connectivity index (χ0n) is 9.11. The van der Waals surface area contributed by atoms with E-state index in [2.05, 4.69) is 6.92 Å². The van der Waals surface area contributed by atoms with Crippen LogP contribution in [0, 0.1) is 5.92 Å². The second-order valence-corrected chi connectivity index (χ2v) is 5.55. The van der Waals surface area contributed by atoms with Gasteiger partial charge in [-0.25, -0.2) is 0 Å². The van der Waals surface area contributed by atoms with Gasteiger partial charge in [-0.05, 0) is 30.9 Å². The summed E-state index contributed by atoms with van der Waals surface area (Å²) in [6.07, 6.45) is 6.52. The van der Waals surface area contributed by atoms with Gasteiger partial charge in [0.1, 0.15) is 0 Å². The molecule has 0 aromatic heterocycles. The van der Waals surface area contributed by atoms with Gasteiger partial charge in [-0.3, -0.25) is 0 Å². The molecule has 1 rings (SSSR count). The number of aliphatic hydroxyl groups is 1. The van der Waals surface area contributed by atoms with Crippen molar-refractivity contribution in [1.82, 2.24) is 0 Å². The number of hydrogen-bond donors (Lipinski definition) is 2. The molecule has 84 valence electrons. The Morgan fingerprint density at radius 1 is 1.43 bits per heavy atom. The van der Waals surface area contributed by atoms with Crippen LogP contribution in [0.5, 0.6) is 0 Å². The lowest BCUT2D eigenvalue weighted by Crippen LogP contribution is -2.34. The fourth-order valence-corrected chi connectivity index (χ4v) is 3.41. The second kappa shape index (κ2) is 6.70. The largest absolute Gasteiger partial charge is 0.395 e. The number of rotatable bonds is 6. The molecule has 0 spiro atoms. The van der Waals surface area contributed by atoms with E-state index in [4.69, 9.17) is 5.73 Å². The van der Waals surface area contributed by atoms with E-state index < -0.39 is 0 Å². The lowest BCUT2D eigenvalue weighted by atomic mass is 10.1.